The Kier molecular flexibility index (Phi) is 4.49. The smallest absolute Gasteiger partial charge is 0.335 e. The molecule has 0 radical (unpaired) electrons. The van der Waals surface area contributed by atoms with Crippen molar-refractivity contribution in [3.8, 4) is 0 Å². The molecule has 0 aromatic heterocycles. The molecule has 5 heteroatoms. The Bertz CT molecular complexity index is 452. The van der Waals surface area contributed by atoms with Gasteiger partial charge in [0, 0.05) is 35.0 Å². The number of hydrogen-bond acceptors (Lipinski definition) is 3. The van der Waals surface area contributed by atoms with Crippen LogP contribution in [0, 0.1) is 0 Å². The van der Waals surface area contributed by atoms with Crippen LogP contribution >= 0.6 is 0 Å². The lowest BCUT2D eigenvalue weighted by molar-refractivity contribution is 0.0696. The SMILES string of the molecule is O=C(O)c1cccc(CS(=O)C2CCOCC2)c1. The first-order chi connectivity index (χ1) is 8.66. The van der Waals surface area contributed by atoms with Gasteiger partial charge in [0.1, 0.15) is 0 Å². The van der Waals surface area contributed by atoms with E-state index in [1.165, 1.54) is 0 Å². The van der Waals surface area contributed by atoms with Crippen molar-refractivity contribution in [1.29, 1.82) is 0 Å². The van der Waals surface area contributed by atoms with Crippen LogP contribution in [0.4, 0.5) is 0 Å². The van der Waals surface area contributed by atoms with Gasteiger partial charge in [0.2, 0.25) is 0 Å². The minimum atomic E-state index is -0.952. The van der Waals surface area contributed by atoms with Gasteiger partial charge < -0.3 is 9.84 Å². The number of benzene rings is 1. The first kappa shape index (κ1) is 13.2. The standard InChI is InChI=1S/C13H16O4S/c14-13(15)11-3-1-2-10(8-11)9-18(16)12-4-6-17-7-5-12/h1-3,8,12H,4-7,9H2,(H,14,15). The summed E-state index contributed by atoms with van der Waals surface area (Å²) in [6, 6.07) is 6.66. The largest absolute Gasteiger partial charge is 0.478 e. The minimum absolute atomic E-state index is 0.173. The second-order valence-electron chi connectivity index (χ2n) is 4.34. The van der Waals surface area contributed by atoms with Crippen molar-refractivity contribution >= 4 is 16.8 Å². The Labute approximate surface area is 108 Å². The molecule has 1 N–H and O–H groups in total. The summed E-state index contributed by atoms with van der Waals surface area (Å²) in [6.45, 7) is 1.34. The Morgan fingerprint density at radius 2 is 2.11 bits per heavy atom. The third kappa shape index (κ3) is 3.40. The Morgan fingerprint density at radius 1 is 1.39 bits per heavy atom. The van der Waals surface area contributed by atoms with Crippen LogP contribution in [0.2, 0.25) is 0 Å². The Hall–Kier alpha value is -1.20. The van der Waals surface area contributed by atoms with Crippen LogP contribution in [0.15, 0.2) is 24.3 Å². The molecule has 0 aliphatic carbocycles. The van der Waals surface area contributed by atoms with Gasteiger partial charge in [0.25, 0.3) is 0 Å². The topological polar surface area (TPSA) is 63.6 Å². The molecule has 1 aliphatic heterocycles. The van der Waals surface area contributed by atoms with E-state index in [0.29, 0.717) is 19.0 Å². The number of rotatable bonds is 4. The summed E-state index contributed by atoms with van der Waals surface area (Å²) in [5, 5.41) is 9.07. The second-order valence-corrected chi connectivity index (χ2v) is 6.06. The quantitative estimate of drug-likeness (QED) is 0.904. The maximum Gasteiger partial charge on any atom is 0.335 e. The molecule has 1 atom stereocenters. The van der Waals surface area contributed by atoms with Crippen LogP contribution in [0.1, 0.15) is 28.8 Å². The van der Waals surface area contributed by atoms with E-state index in [4.69, 9.17) is 9.84 Å². The lowest BCUT2D eigenvalue weighted by atomic mass is 10.1. The summed E-state index contributed by atoms with van der Waals surface area (Å²) < 4.78 is 17.4. The monoisotopic (exact) mass is 268 g/mol. The molecule has 1 aliphatic rings. The Morgan fingerprint density at radius 3 is 2.78 bits per heavy atom. The summed E-state index contributed by atoms with van der Waals surface area (Å²) in [5.74, 6) is -0.528. The summed E-state index contributed by atoms with van der Waals surface area (Å²) >= 11 is 0. The lowest BCUT2D eigenvalue weighted by Gasteiger charge is -2.21. The van der Waals surface area contributed by atoms with Gasteiger partial charge >= 0.3 is 5.97 Å². The van der Waals surface area contributed by atoms with Crippen molar-refractivity contribution in [3.05, 3.63) is 35.4 Å². The lowest BCUT2D eigenvalue weighted by Crippen LogP contribution is -2.25. The summed E-state index contributed by atoms with van der Waals surface area (Å²) in [5.41, 5.74) is 1.07. The van der Waals surface area contributed by atoms with Gasteiger partial charge in [-0.15, -0.1) is 0 Å². The van der Waals surface area contributed by atoms with Gasteiger partial charge in [-0.25, -0.2) is 4.79 Å². The zero-order valence-corrected chi connectivity index (χ0v) is 10.8. The predicted octanol–water partition coefficient (Wildman–Crippen LogP) is 1.81. The van der Waals surface area contributed by atoms with Crippen molar-refractivity contribution in [3.63, 3.8) is 0 Å². The van der Waals surface area contributed by atoms with Crippen molar-refractivity contribution < 1.29 is 18.8 Å². The molecule has 1 unspecified atom stereocenters. The molecule has 0 bridgehead atoms. The number of hydrogen-bond donors (Lipinski definition) is 1. The van der Waals surface area contributed by atoms with E-state index < -0.39 is 16.8 Å². The highest BCUT2D eigenvalue weighted by Gasteiger charge is 2.20. The average Bonchev–Trinajstić information content (AvgIpc) is 2.40. The van der Waals surface area contributed by atoms with Gasteiger partial charge in [-0.1, -0.05) is 12.1 Å². The maximum absolute atomic E-state index is 12.2. The van der Waals surface area contributed by atoms with Gasteiger partial charge in [-0.2, -0.15) is 0 Å². The summed E-state index contributed by atoms with van der Waals surface area (Å²) in [7, 11) is -0.952. The van der Waals surface area contributed by atoms with Crippen molar-refractivity contribution in [2.75, 3.05) is 13.2 Å². The highest BCUT2D eigenvalue weighted by Crippen LogP contribution is 2.17. The fraction of sp³-hybridized carbons (Fsp3) is 0.462. The molecule has 4 nitrogen and oxygen atoms in total. The van der Waals surface area contributed by atoms with E-state index in [2.05, 4.69) is 0 Å². The third-order valence-electron chi connectivity index (χ3n) is 3.02. The average molecular weight is 268 g/mol. The second kappa shape index (κ2) is 6.11. The first-order valence-corrected chi connectivity index (χ1v) is 7.32. The fourth-order valence-corrected chi connectivity index (χ4v) is 3.48. The molecular formula is C13H16O4S. The van der Waals surface area contributed by atoms with E-state index in [1.807, 2.05) is 6.07 Å². The Balaban J connectivity index is 2.02. The first-order valence-electron chi connectivity index (χ1n) is 5.94. The van der Waals surface area contributed by atoms with Gasteiger partial charge in [-0.05, 0) is 30.5 Å². The highest BCUT2D eigenvalue weighted by atomic mass is 32.2. The van der Waals surface area contributed by atoms with Crippen LogP contribution in [-0.2, 0) is 21.3 Å². The molecular weight excluding hydrogens is 252 g/mol. The van der Waals surface area contributed by atoms with E-state index in [-0.39, 0.29) is 10.8 Å². The van der Waals surface area contributed by atoms with Gasteiger partial charge in [0.15, 0.2) is 0 Å². The van der Waals surface area contributed by atoms with E-state index in [0.717, 1.165) is 18.4 Å². The van der Waals surface area contributed by atoms with E-state index in [1.54, 1.807) is 18.2 Å². The van der Waals surface area contributed by atoms with Crippen LogP contribution in [0.5, 0.6) is 0 Å². The fourth-order valence-electron chi connectivity index (χ4n) is 2.02. The molecule has 0 spiro atoms. The number of carboxylic acids is 1. The van der Waals surface area contributed by atoms with Crippen molar-refractivity contribution in [2.24, 2.45) is 0 Å². The maximum atomic E-state index is 12.2. The number of carbonyl (C=O) groups is 1. The molecule has 98 valence electrons. The zero-order chi connectivity index (χ0) is 13.0. The minimum Gasteiger partial charge on any atom is -0.478 e. The molecule has 1 saturated heterocycles. The molecule has 1 heterocycles. The van der Waals surface area contributed by atoms with Crippen LogP contribution in [0.25, 0.3) is 0 Å². The molecule has 0 amide bonds. The van der Waals surface area contributed by atoms with Crippen LogP contribution in [-0.4, -0.2) is 33.7 Å². The predicted molar refractivity (Wildman–Crippen MR) is 69.1 cm³/mol. The molecule has 18 heavy (non-hydrogen) atoms. The molecule has 1 aromatic rings. The number of aromatic carboxylic acids is 1. The summed E-state index contributed by atoms with van der Waals surface area (Å²) in [4.78, 5) is 10.8. The molecule has 1 fully saturated rings. The molecule has 2 rings (SSSR count). The van der Waals surface area contributed by atoms with Gasteiger partial charge in [0.05, 0.1) is 5.56 Å². The normalized spacial score (nSPS) is 18.4. The number of carboxylic acid groups (broad SMARTS) is 1. The summed E-state index contributed by atoms with van der Waals surface area (Å²) in [6.07, 6.45) is 1.65. The van der Waals surface area contributed by atoms with E-state index in [9.17, 15) is 9.00 Å². The van der Waals surface area contributed by atoms with Crippen molar-refractivity contribution in [2.45, 2.75) is 23.8 Å². The van der Waals surface area contributed by atoms with E-state index >= 15 is 0 Å². The number of ether oxygens (including phenoxy) is 1. The zero-order valence-electron chi connectivity index (χ0n) is 10.0. The van der Waals surface area contributed by atoms with Crippen LogP contribution in [0.3, 0.4) is 0 Å². The van der Waals surface area contributed by atoms with Crippen molar-refractivity contribution in [1.82, 2.24) is 0 Å². The van der Waals surface area contributed by atoms with Crippen LogP contribution < -0.4 is 0 Å². The molecule has 1 aromatic carbocycles. The highest BCUT2D eigenvalue weighted by molar-refractivity contribution is 7.84. The van der Waals surface area contributed by atoms with Gasteiger partial charge in [-0.3, -0.25) is 4.21 Å². The third-order valence-corrected chi connectivity index (χ3v) is 4.86. The molecule has 0 saturated carbocycles.